The Balaban J connectivity index is 2.24. The number of carbonyl (C=O) groups excluding carboxylic acids is 2. The molecule has 2 atom stereocenters. The number of fused-ring (bicyclic) bond motifs is 3. The van der Waals surface area contributed by atoms with Gasteiger partial charge in [0.05, 0.1) is 33.2 Å². The molecule has 0 saturated carbocycles. The van der Waals surface area contributed by atoms with E-state index in [1.807, 2.05) is 24.3 Å². The van der Waals surface area contributed by atoms with Gasteiger partial charge in [0.15, 0.2) is 0 Å². The average molecular weight is 372 g/mol. The topological polar surface area (TPSA) is 82.1 Å². The fourth-order valence-corrected chi connectivity index (χ4v) is 4.10. The number of benzene rings is 2. The van der Waals surface area contributed by atoms with Crippen LogP contribution in [0.5, 0.6) is 5.75 Å². The van der Waals surface area contributed by atoms with Crippen LogP contribution in [-0.2, 0) is 31.1 Å². The molecule has 0 saturated heterocycles. The summed E-state index contributed by atoms with van der Waals surface area (Å²) in [5, 5.41) is 13.6. The van der Waals surface area contributed by atoms with E-state index in [-0.39, 0.29) is 6.42 Å². The van der Waals surface area contributed by atoms with E-state index in [0.717, 1.165) is 22.1 Å². The van der Waals surface area contributed by atoms with E-state index in [1.165, 1.54) is 14.2 Å². The van der Waals surface area contributed by atoms with Gasteiger partial charge in [0.1, 0.15) is 11.4 Å². The molecule has 0 amide bonds. The number of aryl methyl sites for hydroxylation is 1. The molecule has 0 radical (unpaired) electrons. The van der Waals surface area contributed by atoms with Gasteiger partial charge in [0.2, 0.25) is 0 Å². The van der Waals surface area contributed by atoms with Crippen molar-refractivity contribution in [3.8, 4) is 5.75 Å². The Bertz CT molecular complexity index is 905. The lowest BCUT2D eigenvalue weighted by atomic mass is 9.60. The fraction of sp³-hybridized carbons (Fsp3) is 0.429. The van der Waals surface area contributed by atoms with Gasteiger partial charge in [-0.1, -0.05) is 18.2 Å². The quantitative estimate of drug-likeness (QED) is 0.831. The Morgan fingerprint density at radius 1 is 1.11 bits per heavy atom. The number of carbonyl (C=O) groups is 2. The molecule has 0 fully saturated rings. The van der Waals surface area contributed by atoms with Crippen LogP contribution >= 0.6 is 0 Å². The summed E-state index contributed by atoms with van der Waals surface area (Å²) in [4.78, 5) is 24.7. The first-order valence-corrected chi connectivity index (χ1v) is 8.78. The highest BCUT2D eigenvalue weighted by Crippen LogP contribution is 2.52. The zero-order valence-electron chi connectivity index (χ0n) is 16.0. The van der Waals surface area contributed by atoms with Crippen molar-refractivity contribution in [2.75, 3.05) is 21.3 Å². The highest BCUT2D eigenvalue weighted by molar-refractivity contribution is 5.90. The van der Waals surface area contributed by atoms with E-state index >= 15 is 0 Å². The van der Waals surface area contributed by atoms with Gasteiger partial charge in [-0.25, -0.2) is 0 Å². The monoisotopic (exact) mass is 372 g/mol. The van der Waals surface area contributed by atoms with E-state index in [9.17, 15) is 14.7 Å². The van der Waals surface area contributed by atoms with Crippen molar-refractivity contribution in [2.24, 2.45) is 5.41 Å². The maximum atomic E-state index is 12.6. The minimum absolute atomic E-state index is 0.330. The molecule has 0 unspecified atom stereocenters. The molecule has 3 rings (SSSR count). The summed E-state index contributed by atoms with van der Waals surface area (Å²) in [5.74, 6) is -0.396. The molecule has 6 nitrogen and oxygen atoms in total. The van der Waals surface area contributed by atoms with Gasteiger partial charge in [0, 0.05) is 0 Å². The third kappa shape index (κ3) is 2.84. The smallest absolute Gasteiger partial charge is 0.314 e. The van der Waals surface area contributed by atoms with E-state index in [2.05, 4.69) is 0 Å². The number of aliphatic hydroxyl groups is 1. The maximum Gasteiger partial charge on any atom is 0.314 e. The molecule has 6 heteroatoms. The van der Waals surface area contributed by atoms with Crippen LogP contribution in [0.4, 0.5) is 0 Å². The molecule has 0 aromatic heterocycles. The Morgan fingerprint density at radius 3 is 2.48 bits per heavy atom. The lowest BCUT2D eigenvalue weighted by Gasteiger charge is -2.47. The van der Waals surface area contributed by atoms with Crippen molar-refractivity contribution < 1.29 is 28.9 Å². The molecule has 27 heavy (non-hydrogen) atoms. The van der Waals surface area contributed by atoms with E-state index in [1.54, 1.807) is 20.1 Å². The van der Waals surface area contributed by atoms with Gasteiger partial charge >= 0.3 is 11.9 Å². The van der Waals surface area contributed by atoms with Crippen molar-refractivity contribution in [3.63, 3.8) is 0 Å². The average Bonchev–Trinajstić information content (AvgIpc) is 2.69. The molecule has 0 spiro atoms. The van der Waals surface area contributed by atoms with Crippen molar-refractivity contribution in [3.05, 3.63) is 41.5 Å². The van der Waals surface area contributed by atoms with Crippen LogP contribution in [-0.4, -0.2) is 38.4 Å². The SMILES string of the molecule is COC(=O)C[C@]1(O)c2ccc3cc(OC)ccc3c2CC[C@@]1(C)C(=O)OC. The predicted molar refractivity (Wildman–Crippen MR) is 99.5 cm³/mol. The molecule has 1 N–H and O–H groups in total. The number of esters is 2. The number of ether oxygens (including phenoxy) is 3. The summed E-state index contributed by atoms with van der Waals surface area (Å²) in [6.07, 6.45) is 0.600. The van der Waals surface area contributed by atoms with Gasteiger partial charge in [-0.05, 0) is 53.8 Å². The normalized spacial score (nSPS) is 24.2. The molecule has 1 aliphatic carbocycles. The van der Waals surface area contributed by atoms with Crippen molar-refractivity contribution in [1.29, 1.82) is 0 Å². The Hall–Kier alpha value is -2.60. The Labute approximate surface area is 158 Å². The van der Waals surface area contributed by atoms with E-state index in [4.69, 9.17) is 14.2 Å². The molecule has 2 aromatic rings. The van der Waals surface area contributed by atoms with Crippen molar-refractivity contribution in [1.82, 2.24) is 0 Å². The molecule has 2 aromatic carbocycles. The Morgan fingerprint density at radius 2 is 1.85 bits per heavy atom. The number of rotatable bonds is 4. The van der Waals surface area contributed by atoms with Gasteiger partial charge in [-0.2, -0.15) is 0 Å². The summed E-state index contributed by atoms with van der Waals surface area (Å²) in [5.41, 5.74) is -1.51. The highest BCUT2D eigenvalue weighted by atomic mass is 16.5. The van der Waals surface area contributed by atoms with Crippen LogP contribution in [0.1, 0.15) is 30.9 Å². The zero-order valence-corrected chi connectivity index (χ0v) is 16.0. The van der Waals surface area contributed by atoms with E-state index in [0.29, 0.717) is 18.4 Å². The molecule has 0 heterocycles. The van der Waals surface area contributed by atoms with Gasteiger partial charge in [-0.3, -0.25) is 9.59 Å². The molecule has 144 valence electrons. The second-order valence-corrected chi connectivity index (χ2v) is 7.12. The van der Waals surface area contributed by atoms with Gasteiger partial charge in [-0.15, -0.1) is 0 Å². The Kier molecular flexibility index (Phi) is 4.86. The summed E-state index contributed by atoms with van der Waals surface area (Å²) in [6, 6.07) is 9.36. The largest absolute Gasteiger partial charge is 0.497 e. The second kappa shape index (κ2) is 6.85. The number of hydrogen-bond donors (Lipinski definition) is 1. The van der Waals surface area contributed by atoms with E-state index < -0.39 is 23.0 Å². The van der Waals surface area contributed by atoms with Crippen LogP contribution in [0.3, 0.4) is 0 Å². The predicted octanol–water partition coefficient (Wildman–Crippen LogP) is 2.72. The number of hydrogen-bond acceptors (Lipinski definition) is 6. The first kappa shape index (κ1) is 19.2. The first-order chi connectivity index (χ1) is 12.8. The summed E-state index contributed by atoms with van der Waals surface area (Å²) < 4.78 is 15.0. The summed E-state index contributed by atoms with van der Waals surface area (Å²) >= 11 is 0. The highest BCUT2D eigenvalue weighted by Gasteiger charge is 2.58. The summed E-state index contributed by atoms with van der Waals surface area (Å²) in [7, 11) is 4.16. The summed E-state index contributed by atoms with van der Waals surface area (Å²) in [6.45, 7) is 1.64. The molecular formula is C21H24O6. The molecule has 0 bridgehead atoms. The van der Waals surface area contributed by atoms with Crippen LogP contribution in [0.2, 0.25) is 0 Å². The molecule has 0 aliphatic heterocycles. The lowest BCUT2D eigenvalue weighted by Crippen LogP contribution is -2.53. The number of methoxy groups -OCH3 is 3. The van der Waals surface area contributed by atoms with Gasteiger partial charge < -0.3 is 19.3 Å². The fourth-order valence-electron chi connectivity index (χ4n) is 4.10. The second-order valence-electron chi connectivity index (χ2n) is 7.12. The molecule has 1 aliphatic rings. The standard InChI is InChI=1S/C21H24O6/c1-20(19(23)27-4)10-9-16-15-7-6-14(25-2)11-13(15)5-8-17(16)21(20,24)12-18(22)26-3/h5-8,11,24H,9-10,12H2,1-4H3/t20-,21-/m0/s1. The van der Waals surface area contributed by atoms with Crippen molar-refractivity contribution in [2.45, 2.75) is 31.8 Å². The van der Waals surface area contributed by atoms with Crippen LogP contribution in [0, 0.1) is 5.41 Å². The molecular weight excluding hydrogens is 348 g/mol. The zero-order chi connectivity index (χ0) is 19.8. The van der Waals surface area contributed by atoms with Crippen LogP contribution in [0.25, 0.3) is 10.8 Å². The van der Waals surface area contributed by atoms with Crippen molar-refractivity contribution >= 4 is 22.7 Å². The van der Waals surface area contributed by atoms with Crippen LogP contribution < -0.4 is 4.74 Å². The lowest BCUT2D eigenvalue weighted by molar-refractivity contribution is -0.181. The minimum atomic E-state index is -1.73. The van der Waals surface area contributed by atoms with Crippen LogP contribution in [0.15, 0.2) is 30.3 Å². The first-order valence-electron chi connectivity index (χ1n) is 8.78. The minimum Gasteiger partial charge on any atom is -0.497 e. The third-order valence-corrected chi connectivity index (χ3v) is 5.84. The van der Waals surface area contributed by atoms with Gasteiger partial charge in [0.25, 0.3) is 0 Å². The third-order valence-electron chi connectivity index (χ3n) is 5.84. The maximum absolute atomic E-state index is 12.6.